The SMILES string of the molecule is NOCc1c[nH]c2ccc(Br)cc12. The number of rotatable bonds is 2. The summed E-state index contributed by atoms with van der Waals surface area (Å²) in [6.07, 6.45) is 1.91. The van der Waals surface area contributed by atoms with Gasteiger partial charge >= 0.3 is 0 Å². The van der Waals surface area contributed by atoms with Gasteiger partial charge in [0.15, 0.2) is 0 Å². The van der Waals surface area contributed by atoms with Crippen LogP contribution in [0.1, 0.15) is 5.56 Å². The van der Waals surface area contributed by atoms with E-state index in [0.29, 0.717) is 6.61 Å². The molecule has 2 rings (SSSR count). The highest BCUT2D eigenvalue weighted by Gasteiger charge is 2.02. The van der Waals surface area contributed by atoms with Gasteiger partial charge in [-0.2, -0.15) is 0 Å². The minimum Gasteiger partial charge on any atom is -0.361 e. The zero-order valence-electron chi connectivity index (χ0n) is 6.88. The van der Waals surface area contributed by atoms with E-state index in [4.69, 9.17) is 5.90 Å². The molecule has 3 N–H and O–H groups in total. The van der Waals surface area contributed by atoms with Crippen LogP contribution in [-0.2, 0) is 11.4 Å². The summed E-state index contributed by atoms with van der Waals surface area (Å²) in [5.74, 6) is 5.02. The summed E-state index contributed by atoms with van der Waals surface area (Å²) in [5.41, 5.74) is 2.16. The van der Waals surface area contributed by atoms with E-state index in [9.17, 15) is 0 Å². The van der Waals surface area contributed by atoms with Gasteiger partial charge in [0.05, 0.1) is 6.61 Å². The van der Waals surface area contributed by atoms with Crippen molar-refractivity contribution in [3.63, 3.8) is 0 Å². The van der Waals surface area contributed by atoms with E-state index >= 15 is 0 Å². The van der Waals surface area contributed by atoms with Crippen LogP contribution in [0.25, 0.3) is 10.9 Å². The molecule has 0 saturated heterocycles. The van der Waals surface area contributed by atoms with E-state index in [1.54, 1.807) is 0 Å². The second-order valence-electron chi connectivity index (χ2n) is 2.81. The van der Waals surface area contributed by atoms with Crippen LogP contribution in [0.5, 0.6) is 0 Å². The van der Waals surface area contributed by atoms with Crippen LogP contribution < -0.4 is 5.90 Å². The Morgan fingerprint density at radius 2 is 2.31 bits per heavy atom. The molecule has 0 fully saturated rings. The molecule has 13 heavy (non-hydrogen) atoms. The average molecular weight is 241 g/mol. The number of benzene rings is 1. The fraction of sp³-hybridized carbons (Fsp3) is 0.111. The number of hydrogen-bond donors (Lipinski definition) is 2. The zero-order valence-corrected chi connectivity index (χ0v) is 8.47. The molecule has 4 heteroatoms. The van der Waals surface area contributed by atoms with Crippen molar-refractivity contribution in [2.24, 2.45) is 5.90 Å². The van der Waals surface area contributed by atoms with Gasteiger partial charge < -0.3 is 4.98 Å². The molecule has 3 nitrogen and oxygen atoms in total. The Labute approximate surface area is 84.0 Å². The third-order valence-electron chi connectivity index (χ3n) is 1.97. The van der Waals surface area contributed by atoms with Crippen LogP contribution in [0, 0.1) is 0 Å². The van der Waals surface area contributed by atoms with Gasteiger partial charge in [-0.25, -0.2) is 5.90 Å². The Bertz CT molecular complexity index is 424. The number of halogens is 1. The highest BCUT2D eigenvalue weighted by Crippen LogP contribution is 2.22. The summed E-state index contributed by atoms with van der Waals surface area (Å²) >= 11 is 3.42. The molecule has 0 bridgehead atoms. The van der Waals surface area contributed by atoms with Crippen molar-refractivity contribution in [3.05, 3.63) is 34.4 Å². The second-order valence-corrected chi connectivity index (χ2v) is 3.73. The molecule has 68 valence electrons. The number of nitrogens with one attached hydrogen (secondary N) is 1. The third kappa shape index (κ3) is 1.60. The quantitative estimate of drug-likeness (QED) is 0.792. The Kier molecular flexibility index (Phi) is 2.35. The number of hydrogen-bond acceptors (Lipinski definition) is 2. The van der Waals surface area contributed by atoms with Crippen molar-refractivity contribution in [2.75, 3.05) is 0 Å². The van der Waals surface area contributed by atoms with Crippen LogP contribution in [0.2, 0.25) is 0 Å². The maximum absolute atomic E-state index is 5.02. The molecule has 1 aromatic carbocycles. The molecule has 0 atom stereocenters. The van der Waals surface area contributed by atoms with E-state index in [-0.39, 0.29) is 0 Å². The van der Waals surface area contributed by atoms with Gasteiger partial charge in [0, 0.05) is 27.1 Å². The first-order valence-corrected chi connectivity index (χ1v) is 4.68. The second kappa shape index (κ2) is 3.49. The van der Waals surface area contributed by atoms with Gasteiger partial charge in [0.2, 0.25) is 0 Å². The largest absolute Gasteiger partial charge is 0.361 e. The summed E-state index contributed by atoms with van der Waals surface area (Å²) in [6, 6.07) is 6.05. The average Bonchev–Trinajstić information content (AvgIpc) is 2.49. The summed E-state index contributed by atoms with van der Waals surface area (Å²) in [4.78, 5) is 7.74. The van der Waals surface area contributed by atoms with Crippen LogP contribution in [0.4, 0.5) is 0 Å². The van der Waals surface area contributed by atoms with Crippen molar-refractivity contribution < 1.29 is 4.84 Å². The predicted octanol–water partition coefficient (Wildman–Crippen LogP) is 2.32. The molecule has 0 aliphatic rings. The Morgan fingerprint density at radius 3 is 3.08 bits per heavy atom. The summed E-state index contributed by atoms with van der Waals surface area (Å²) in [6.45, 7) is 0.427. The first-order valence-electron chi connectivity index (χ1n) is 3.88. The molecule has 0 aliphatic heterocycles. The van der Waals surface area contributed by atoms with Crippen LogP contribution >= 0.6 is 15.9 Å². The first-order chi connectivity index (χ1) is 6.31. The van der Waals surface area contributed by atoms with Crippen LogP contribution in [0.3, 0.4) is 0 Å². The van der Waals surface area contributed by atoms with Gasteiger partial charge in [0.1, 0.15) is 0 Å². The first kappa shape index (κ1) is 8.74. The molecule has 1 heterocycles. The highest BCUT2D eigenvalue weighted by molar-refractivity contribution is 9.10. The van der Waals surface area contributed by atoms with Gasteiger partial charge in [-0.15, -0.1) is 0 Å². The minimum absolute atomic E-state index is 0.427. The van der Waals surface area contributed by atoms with Crippen molar-refractivity contribution >= 4 is 26.8 Å². The fourth-order valence-electron chi connectivity index (χ4n) is 1.36. The molecule has 1 aromatic heterocycles. The van der Waals surface area contributed by atoms with Crippen molar-refractivity contribution in [1.29, 1.82) is 0 Å². The van der Waals surface area contributed by atoms with E-state index < -0.39 is 0 Å². The summed E-state index contributed by atoms with van der Waals surface area (Å²) in [7, 11) is 0. The molecule has 0 radical (unpaired) electrons. The van der Waals surface area contributed by atoms with Crippen molar-refractivity contribution in [1.82, 2.24) is 4.98 Å². The summed E-state index contributed by atoms with van der Waals surface area (Å²) < 4.78 is 1.05. The monoisotopic (exact) mass is 240 g/mol. The molecular formula is C9H9BrN2O. The van der Waals surface area contributed by atoms with Crippen molar-refractivity contribution in [3.8, 4) is 0 Å². The van der Waals surface area contributed by atoms with E-state index in [2.05, 4.69) is 25.8 Å². The van der Waals surface area contributed by atoms with E-state index in [1.807, 2.05) is 24.4 Å². The normalized spacial score (nSPS) is 10.9. The third-order valence-corrected chi connectivity index (χ3v) is 2.46. The highest BCUT2D eigenvalue weighted by atomic mass is 79.9. The smallest absolute Gasteiger partial charge is 0.0950 e. The summed E-state index contributed by atoms with van der Waals surface area (Å²) in [5, 5.41) is 1.14. The standard InChI is InChI=1S/C9H9BrN2O/c10-7-1-2-9-8(3-7)6(4-12-9)5-13-11/h1-4,12H,5,11H2. The van der Waals surface area contributed by atoms with Crippen LogP contribution in [0.15, 0.2) is 28.9 Å². The molecule has 0 unspecified atom stereocenters. The molecule has 2 aromatic rings. The topological polar surface area (TPSA) is 51.0 Å². The lowest BCUT2D eigenvalue weighted by molar-refractivity contribution is 0.125. The zero-order chi connectivity index (χ0) is 9.26. The van der Waals surface area contributed by atoms with Gasteiger partial charge in [-0.05, 0) is 18.2 Å². The van der Waals surface area contributed by atoms with Gasteiger partial charge in [-0.3, -0.25) is 4.84 Å². The maximum Gasteiger partial charge on any atom is 0.0950 e. The molecule has 0 spiro atoms. The Balaban J connectivity index is 2.58. The number of fused-ring (bicyclic) bond motifs is 1. The van der Waals surface area contributed by atoms with Crippen molar-refractivity contribution in [2.45, 2.75) is 6.61 Å². The lowest BCUT2D eigenvalue weighted by Gasteiger charge is -1.96. The van der Waals surface area contributed by atoms with Gasteiger partial charge in [-0.1, -0.05) is 15.9 Å². The number of aromatic amines is 1. The van der Waals surface area contributed by atoms with Gasteiger partial charge in [0.25, 0.3) is 0 Å². The molecule has 0 saturated carbocycles. The van der Waals surface area contributed by atoms with E-state index in [0.717, 1.165) is 20.9 Å². The minimum atomic E-state index is 0.427. The van der Waals surface area contributed by atoms with Crippen LogP contribution in [-0.4, -0.2) is 4.98 Å². The fourth-order valence-corrected chi connectivity index (χ4v) is 1.72. The Morgan fingerprint density at radius 1 is 1.46 bits per heavy atom. The number of H-pyrrole nitrogens is 1. The maximum atomic E-state index is 5.02. The lowest BCUT2D eigenvalue weighted by Crippen LogP contribution is -1.97. The number of nitrogens with two attached hydrogens (primary N) is 1. The molecule has 0 aliphatic carbocycles. The number of aromatic nitrogens is 1. The lowest BCUT2D eigenvalue weighted by atomic mass is 10.2. The molecular weight excluding hydrogens is 232 g/mol. The molecule has 0 amide bonds. The predicted molar refractivity (Wildman–Crippen MR) is 55.0 cm³/mol. The van der Waals surface area contributed by atoms with E-state index in [1.165, 1.54) is 0 Å². The Hall–Kier alpha value is -0.840.